The van der Waals surface area contributed by atoms with E-state index in [0.717, 1.165) is 5.56 Å². The highest BCUT2D eigenvalue weighted by atomic mass is 35.5. The Kier molecular flexibility index (Phi) is 5.57. The van der Waals surface area contributed by atoms with Gasteiger partial charge in [0.25, 0.3) is 0 Å². The first-order valence-electron chi connectivity index (χ1n) is 6.44. The fourth-order valence-electron chi connectivity index (χ4n) is 1.53. The van der Waals surface area contributed by atoms with Crippen LogP contribution in [0.4, 0.5) is 0 Å². The molecule has 0 aliphatic carbocycles. The number of hydrogen-bond donors (Lipinski definition) is 1. The second-order valence-corrected chi connectivity index (χ2v) is 6.06. The molecule has 1 rings (SSSR count). The molecule has 1 aromatic rings. The summed E-state index contributed by atoms with van der Waals surface area (Å²) in [5.74, 6) is -0.673. The van der Waals surface area contributed by atoms with Crippen molar-refractivity contribution in [2.75, 3.05) is 0 Å². The van der Waals surface area contributed by atoms with Crippen LogP contribution in [-0.4, -0.2) is 23.5 Å². The summed E-state index contributed by atoms with van der Waals surface area (Å²) in [5, 5.41) is 3.24. The first kappa shape index (κ1) is 16.5. The monoisotopic (exact) mass is 297 g/mol. The molecule has 110 valence electrons. The van der Waals surface area contributed by atoms with Gasteiger partial charge < -0.3 is 10.1 Å². The first-order chi connectivity index (χ1) is 9.17. The van der Waals surface area contributed by atoms with Gasteiger partial charge in [0.05, 0.1) is 6.42 Å². The molecule has 0 heterocycles. The average molecular weight is 298 g/mol. The van der Waals surface area contributed by atoms with Crippen LogP contribution in [0.3, 0.4) is 0 Å². The second-order valence-electron chi connectivity index (χ2n) is 5.63. The zero-order valence-electron chi connectivity index (χ0n) is 12.2. The van der Waals surface area contributed by atoms with Gasteiger partial charge in [-0.3, -0.25) is 4.79 Å². The van der Waals surface area contributed by atoms with Crippen LogP contribution in [0, 0.1) is 0 Å². The van der Waals surface area contributed by atoms with E-state index in [9.17, 15) is 9.59 Å². The molecule has 1 N–H and O–H groups in total. The average Bonchev–Trinajstić information content (AvgIpc) is 2.29. The summed E-state index contributed by atoms with van der Waals surface area (Å²) in [6, 6.07) is 6.33. The summed E-state index contributed by atoms with van der Waals surface area (Å²) in [6.45, 7) is 6.96. The lowest BCUT2D eigenvalue weighted by Crippen LogP contribution is -2.42. The predicted molar refractivity (Wildman–Crippen MR) is 78.6 cm³/mol. The van der Waals surface area contributed by atoms with Crippen LogP contribution in [0.15, 0.2) is 24.3 Å². The van der Waals surface area contributed by atoms with Crippen molar-refractivity contribution in [1.82, 2.24) is 5.32 Å². The first-order valence-corrected chi connectivity index (χ1v) is 6.82. The summed E-state index contributed by atoms with van der Waals surface area (Å²) in [5.41, 5.74) is 0.273. The molecular formula is C15H20ClNO3. The van der Waals surface area contributed by atoms with Gasteiger partial charge >= 0.3 is 5.97 Å². The molecule has 0 aliphatic rings. The number of carbonyl (C=O) groups is 2. The van der Waals surface area contributed by atoms with E-state index < -0.39 is 17.6 Å². The Balaban J connectivity index is 2.49. The molecule has 0 saturated carbocycles. The van der Waals surface area contributed by atoms with E-state index in [1.807, 2.05) is 0 Å². The molecule has 1 atom stereocenters. The van der Waals surface area contributed by atoms with Crippen molar-refractivity contribution in [3.63, 3.8) is 0 Å². The molecule has 0 aliphatic heterocycles. The van der Waals surface area contributed by atoms with Gasteiger partial charge in [-0.2, -0.15) is 0 Å². The molecular weight excluding hydrogens is 278 g/mol. The van der Waals surface area contributed by atoms with E-state index in [1.165, 1.54) is 0 Å². The highest BCUT2D eigenvalue weighted by Crippen LogP contribution is 2.10. The topological polar surface area (TPSA) is 55.4 Å². The van der Waals surface area contributed by atoms with Gasteiger partial charge in [0.15, 0.2) is 0 Å². The van der Waals surface area contributed by atoms with E-state index in [4.69, 9.17) is 16.3 Å². The number of hydrogen-bond acceptors (Lipinski definition) is 3. The summed E-state index contributed by atoms with van der Waals surface area (Å²) < 4.78 is 5.20. The molecule has 0 bridgehead atoms. The van der Waals surface area contributed by atoms with Crippen LogP contribution in [-0.2, 0) is 20.7 Å². The number of ether oxygens (including phenoxy) is 1. The smallest absolute Gasteiger partial charge is 0.328 e. The zero-order valence-corrected chi connectivity index (χ0v) is 13.0. The lowest BCUT2D eigenvalue weighted by molar-refractivity contribution is -0.158. The number of rotatable bonds is 4. The summed E-state index contributed by atoms with van der Waals surface area (Å²) >= 11 is 5.77. The Hall–Kier alpha value is -1.55. The minimum absolute atomic E-state index is 0.199. The third-order valence-corrected chi connectivity index (χ3v) is 2.67. The number of halogens is 1. The lowest BCUT2D eigenvalue weighted by atomic mass is 10.1. The molecule has 0 radical (unpaired) electrons. The number of benzene rings is 1. The standard InChI is InChI=1S/C15H20ClNO3/c1-10(14(19)20-15(2,3)4)17-13(18)9-11-5-7-12(16)8-6-11/h5-8,10H,9H2,1-4H3,(H,17,18)/t10-/m1/s1. The summed E-state index contributed by atoms with van der Waals surface area (Å²) in [7, 11) is 0. The molecule has 1 aromatic carbocycles. The Labute approximate surface area is 124 Å². The van der Waals surface area contributed by atoms with Crippen LogP contribution in [0.2, 0.25) is 5.02 Å². The quantitative estimate of drug-likeness (QED) is 0.869. The SMILES string of the molecule is C[C@@H](NC(=O)Cc1ccc(Cl)cc1)C(=O)OC(C)(C)C. The highest BCUT2D eigenvalue weighted by molar-refractivity contribution is 6.30. The van der Waals surface area contributed by atoms with Crippen molar-refractivity contribution in [2.24, 2.45) is 0 Å². The lowest BCUT2D eigenvalue weighted by Gasteiger charge is -2.22. The Bertz CT molecular complexity index is 477. The van der Waals surface area contributed by atoms with Crippen LogP contribution in [0.1, 0.15) is 33.3 Å². The van der Waals surface area contributed by atoms with E-state index in [1.54, 1.807) is 52.0 Å². The van der Waals surface area contributed by atoms with Gasteiger partial charge in [-0.25, -0.2) is 4.79 Å². The largest absolute Gasteiger partial charge is 0.458 e. The molecule has 0 saturated heterocycles. The fourth-order valence-corrected chi connectivity index (χ4v) is 1.66. The Morgan fingerprint density at radius 3 is 2.30 bits per heavy atom. The minimum atomic E-state index is -0.672. The van der Waals surface area contributed by atoms with E-state index in [2.05, 4.69) is 5.32 Å². The third kappa shape index (κ3) is 6.06. The van der Waals surface area contributed by atoms with Gasteiger partial charge in [-0.1, -0.05) is 23.7 Å². The molecule has 0 fully saturated rings. The maximum Gasteiger partial charge on any atom is 0.328 e. The maximum absolute atomic E-state index is 11.8. The van der Waals surface area contributed by atoms with E-state index in [-0.39, 0.29) is 12.3 Å². The molecule has 20 heavy (non-hydrogen) atoms. The van der Waals surface area contributed by atoms with Crippen molar-refractivity contribution < 1.29 is 14.3 Å². The summed E-state index contributed by atoms with van der Waals surface area (Å²) in [4.78, 5) is 23.6. The van der Waals surface area contributed by atoms with Crippen molar-refractivity contribution in [2.45, 2.75) is 45.8 Å². The van der Waals surface area contributed by atoms with Crippen LogP contribution < -0.4 is 5.32 Å². The molecule has 0 unspecified atom stereocenters. The number of nitrogens with one attached hydrogen (secondary N) is 1. The normalized spacial score (nSPS) is 12.7. The van der Waals surface area contributed by atoms with Gasteiger partial charge in [-0.15, -0.1) is 0 Å². The van der Waals surface area contributed by atoms with E-state index in [0.29, 0.717) is 5.02 Å². The van der Waals surface area contributed by atoms with Gasteiger partial charge in [-0.05, 0) is 45.4 Å². The minimum Gasteiger partial charge on any atom is -0.458 e. The predicted octanol–water partition coefficient (Wildman–Crippen LogP) is 2.73. The van der Waals surface area contributed by atoms with Gasteiger partial charge in [0.2, 0.25) is 5.91 Å². The fraction of sp³-hybridized carbons (Fsp3) is 0.467. The highest BCUT2D eigenvalue weighted by Gasteiger charge is 2.22. The Morgan fingerprint density at radius 2 is 1.80 bits per heavy atom. The van der Waals surface area contributed by atoms with Crippen LogP contribution >= 0.6 is 11.6 Å². The maximum atomic E-state index is 11.8. The zero-order chi connectivity index (χ0) is 15.3. The summed E-state index contributed by atoms with van der Waals surface area (Å²) in [6.07, 6.45) is 0.199. The molecule has 5 heteroatoms. The van der Waals surface area contributed by atoms with E-state index >= 15 is 0 Å². The van der Waals surface area contributed by atoms with Crippen molar-refractivity contribution in [3.8, 4) is 0 Å². The molecule has 4 nitrogen and oxygen atoms in total. The molecule has 1 amide bonds. The van der Waals surface area contributed by atoms with Gasteiger partial charge in [0, 0.05) is 5.02 Å². The van der Waals surface area contributed by atoms with Crippen molar-refractivity contribution in [1.29, 1.82) is 0 Å². The van der Waals surface area contributed by atoms with Gasteiger partial charge in [0.1, 0.15) is 11.6 Å². The van der Waals surface area contributed by atoms with Crippen LogP contribution in [0.5, 0.6) is 0 Å². The third-order valence-electron chi connectivity index (χ3n) is 2.42. The molecule has 0 spiro atoms. The number of carbonyl (C=O) groups excluding carboxylic acids is 2. The van der Waals surface area contributed by atoms with Crippen LogP contribution in [0.25, 0.3) is 0 Å². The van der Waals surface area contributed by atoms with Crippen molar-refractivity contribution in [3.05, 3.63) is 34.9 Å². The molecule has 0 aromatic heterocycles. The number of esters is 1. The second kappa shape index (κ2) is 6.75. The van der Waals surface area contributed by atoms with Crippen molar-refractivity contribution >= 4 is 23.5 Å². The Morgan fingerprint density at radius 1 is 1.25 bits per heavy atom. The number of amides is 1.